The lowest BCUT2D eigenvalue weighted by Crippen LogP contribution is -2.38. The quantitative estimate of drug-likeness (QED) is 0.856. The SMILES string of the molecule is CN1CCC(c2ccc(N3CCCC(O)C3)nn2)C1. The molecular weight excluding hydrogens is 240 g/mol. The van der Waals surface area contributed by atoms with E-state index in [1.807, 2.05) is 0 Å². The zero-order valence-electron chi connectivity index (χ0n) is 11.5. The first-order valence-corrected chi connectivity index (χ1v) is 7.17. The van der Waals surface area contributed by atoms with Crippen LogP contribution >= 0.6 is 0 Å². The predicted molar refractivity (Wildman–Crippen MR) is 74.3 cm³/mol. The summed E-state index contributed by atoms with van der Waals surface area (Å²) in [7, 11) is 2.15. The van der Waals surface area contributed by atoms with E-state index in [-0.39, 0.29) is 6.10 Å². The molecule has 5 nitrogen and oxygen atoms in total. The number of nitrogens with zero attached hydrogens (tertiary/aromatic N) is 4. The topological polar surface area (TPSA) is 52.5 Å². The van der Waals surface area contributed by atoms with Crippen LogP contribution in [0.5, 0.6) is 0 Å². The number of piperidine rings is 1. The largest absolute Gasteiger partial charge is 0.391 e. The summed E-state index contributed by atoms with van der Waals surface area (Å²) in [5, 5.41) is 18.5. The van der Waals surface area contributed by atoms with Gasteiger partial charge in [0.05, 0.1) is 11.8 Å². The Kier molecular flexibility index (Phi) is 3.66. The minimum absolute atomic E-state index is 0.223. The molecule has 0 aromatic carbocycles. The maximum absolute atomic E-state index is 9.70. The van der Waals surface area contributed by atoms with Crippen LogP contribution in [0.4, 0.5) is 5.82 Å². The highest BCUT2D eigenvalue weighted by atomic mass is 16.3. The van der Waals surface area contributed by atoms with E-state index in [0.29, 0.717) is 12.5 Å². The summed E-state index contributed by atoms with van der Waals surface area (Å²) in [5.74, 6) is 1.42. The molecule has 0 amide bonds. The molecule has 3 heterocycles. The molecule has 1 aromatic rings. The lowest BCUT2D eigenvalue weighted by molar-refractivity contribution is 0.154. The smallest absolute Gasteiger partial charge is 0.151 e. The minimum atomic E-state index is -0.223. The van der Waals surface area contributed by atoms with Crippen molar-refractivity contribution in [3.05, 3.63) is 17.8 Å². The zero-order valence-corrected chi connectivity index (χ0v) is 11.5. The van der Waals surface area contributed by atoms with Crippen LogP contribution in [0.2, 0.25) is 0 Å². The fourth-order valence-corrected chi connectivity index (χ4v) is 3.06. The highest BCUT2D eigenvalue weighted by molar-refractivity contribution is 5.38. The third kappa shape index (κ3) is 2.87. The first-order valence-electron chi connectivity index (χ1n) is 7.17. The number of anilines is 1. The molecule has 0 radical (unpaired) electrons. The van der Waals surface area contributed by atoms with Gasteiger partial charge in [-0.15, -0.1) is 5.10 Å². The maximum atomic E-state index is 9.70. The van der Waals surface area contributed by atoms with Gasteiger partial charge in [0.25, 0.3) is 0 Å². The zero-order chi connectivity index (χ0) is 13.2. The molecule has 0 saturated carbocycles. The summed E-state index contributed by atoms with van der Waals surface area (Å²) in [6.07, 6.45) is 2.88. The lowest BCUT2D eigenvalue weighted by atomic mass is 10.0. The van der Waals surface area contributed by atoms with Crippen LogP contribution in [-0.4, -0.2) is 59.5 Å². The Balaban J connectivity index is 1.68. The van der Waals surface area contributed by atoms with Gasteiger partial charge < -0.3 is 14.9 Å². The fraction of sp³-hybridized carbons (Fsp3) is 0.714. The summed E-state index contributed by atoms with van der Waals surface area (Å²) < 4.78 is 0. The molecule has 19 heavy (non-hydrogen) atoms. The normalized spacial score (nSPS) is 28.8. The molecule has 2 aliphatic rings. The Hall–Kier alpha value is -1.20. The molecule has 2 unspecified atom stereocenters. The summed E-state index contributed by atoms with van der Waals surface area (Å²) >= 11 is 0. The molecule has 104 valence electrons. The van der Waals surface area contributed by atoms with Crippen LogP contribution in [-0.2, 0) is 0 Å². The molecule has 1 N–H and O–H groups in total. The molecule has 3 rings (SSSR count). The van der Waals surface area contributed by atoms with E-state index in [1.54, 1.807) is 0 Å². The van der Waals surface area contributed by atoms with Crippen molar-refractivity contribution in [1.29, 1.82) is 0 Å². The van der Waals surface area contributed by atoms with Crippen LogP contribution in [0.3, 0.4) is 0 Å². The van der Waals surface area contributed by atoms with Gasteiger partial charge in [-0.05, 0) is 45.0 Å². The van der Waals surface area contributed by atoms with Crippen LogP contribution < -0.4 is 4.90 Å². The Morgan fingerprint density at radius 2 is 2.05 bits per heavy atom. The summed E-state index contributed by atoms with van der Waals surface area (Å²) in [4.78, 5) is 4.47. The van der Waals surface area contributed by atoms with E-state index in [4.69, 9.17) is 0 Å². The van der Waals surface area contributed by atoms with Crippen LogP contribution in [0, 0.1) is 0 Å². The second-order valence-corrected chi connectivity index (χ2v) is 5.81. The summed E-state index contributed by atoms with van der Waals surface area (Å²) in [5.41, 5.74) is 1.10. The second kappa shape index (κ2) is 5.43. The van der Waals surface area contributed by atoms with Gasteiger partial charge in [0.1, 0.15) is 0 Å². The van der Waals surface area contributed by atoms with Gasteiger partial charge in [0.15, 0.2) is 5.82 Å². The highest BCUT2D eigenvalue weighted by Gasteiger charge is 2.23. The highest BCUT2D eigenvalue weighted by Crippen LogP contribution is 2.25. The van der Waals surface area contributed by atoms with E-state index in [9.17, 15) is 5.11 Å². The van der Waals surface area contributed by atoms with Gasteiger partial charge in [-0.1, -0.05) is 0 Å². The van der Waals surface area contributed by atoms with Gasteiger partial charge in [-0.2, -0.15) is 5.10 Å². The number of aliphatic hydroxyl groups is 1. The number of β-amino-alcohol motifs (C(OH)–C–C–N with tert-alkyl or cyclic N) is 1. The average Bonchev–Trinajstić information content (AvgIpc) is 2.86. The van der Waals surface area contributed by atoms with Crippen molar-refractivity contribution in [3.8, 4) is 0 Å². The van der Waals surface area contributed by atoms with Crippen molar-refractivity contribution in [2.45, 2.75) is 31.3 Å². The molecule has 5 heteroatoms. The van der Waals surface area contributed by atoms with E-state index in [0.717, 1.165) is 44.0 Å². The molecular formula is C14H22N4O. The molecule has 0 aliphatic carbocycles. The van der Waals surface area contributed by atoms with Gasteiger partial charge in [-0.3, -0.25) is 0 Å². The number of likely N-dealkylation sites (N-methyl/N-ethyl adjacent to an activating group) is 1. The molecule has 2 aliphatic heterocycles. The summed E-state index contributed by atoms with van der Waals surface area (Å²) in [6.45, 7) is 3.88. The van der Waals surface area contributed by atoms with E-state index in [2.05, 4.69) is 39.2 Å². The lowest BCUT2D eigenvalue weighted by Gasteiger charge is -2.30. The van der Waals surface area contributed by atoms with Crippen molar-refractivity contribution in [3.63, 3.8) is 0 Å². The van der Waals surface area contributed by atoms with Crippen molar-refractivity contribution in [2.75, 3.05) is 38.1 Å². The van der Waals surface area contributed by atoms with Gasteiger partial charge in [-0.25, -0.2) is 0 Å². The third-order valence-electron chi connectivity index (χ3n) is 4.20. The predicted octanol–water partition coefficient (Wildman–Crippen LogP) is 0.857. The Bertz CT molecular complexity index is 422. The molecule has 2 saturated heterocycles. The number of hydrogen-bond donors (Lipinski definition) is 1. The van der Waals surface area contributed by atoms with Gasteiger partial charge >= 0.3 is 0 Å². The van der Waals surface area contributed by atoms with E-state index in [1.165, 1.54) is 6.42 Å². The number of aromatic nitrogens is 2. The summed E-state index contributed by atoms with van der Waals surface area (Å²) in [6, 6.07) is 4.16. The van der Waals surface area contributed by atoms with Crippen LogP contribution in [0.15, 0.2) is 12.1 Å². The fourth-order valence-electron chi connectivity index (χ4n) is 3.06. The molecule has 0 bridgehead atoms. The molecule has 0 spiro atoms. The van der Waals surface area contributed by atoms with Crippen molar-refractivity contribution in [2.24, 2.45) is 0 Å². The number of rotatable bonds is 2. The first kappa shape index (κ1) is 12.8. The first-order chi connectivity index (χ1) is 9.22. The Labute approximate surface area is 114 Å². The van der Waals surface area contributed by atoms with E-state index < -0.39 is 0 Å². The maximum Gasteiger partial charge on any atom is 0.151 e. The average molecular weight is 262 g/mol. The van der Waals surface area contributed by atoms with E-state index >= 15 is 0 Å². The molecule has 2 fully saturated rings. The van der Waals surface area contributed by atoms with Crippen LogP contribution in [0.1, 0.15) is 30.9 Å². The third-order valence-corrected chi connectivity index (χ3v) is 4.20. The van der Waals surface area contributed by atoms with Crippen molar-refractivity contribution in [1.82, 2.24) is 15.1 Å². The monoisotopic (exact) mass is 262 g/mol. The molecule has 2 atom stereocenters. The second-order valence-electron chi connectivity index (χ2n) is 5.81. The van der Waals surface area contributed by atoms with Crippen LogP contribution in [0.25, 0.3) is 0 Å². The molecule has 1 aromatic heterocycles. The van der Waals surface area contributed by atoms with Crippen molar-refractivity contribution >= 4 is 5.82 Å². The number of aliphatic hydroxyl groups excluding tert-OH is 1. The number of likely N-dealkylation sites (tertiary alicyclic amines) is 1. The Morgan fingerprint density at radius 3 is 2.68 bits per heavy atom. The minimum Gasteiger partial charge on any atom is -0.391 e. The van der Waals surface area contributed by atoms with Crippen molar-refractivity contribution < 1.29 is 5.11 Å². The standard InChI is InChI=1S/C14H22N4O/c1-17-8-6-11(9-17)13-4-5-14(16-15-13)18-7-2-3-12(19)10-18/h4-5,11-12,19H,2-3,6-10H2,1H3. The Morgan fingerprint density at radius 1 is 1.16 bits per heavy atom. The van der Waals surface area contributed by atoms with Gasteiger partial charge in [0, 0.05) is 25.6 Å². The van der Waals surface area contributed by atoms with Gasteiger partial charge in [0.2, 0.25) is 0 Å². The number of hydrogen-bond acceptors (Lipinski definition) is 5.